The van der Waals surface area contributed by atoms with Gasteiger partial charge in [-0.25, -0.2) is 0 Å². The lowest BCUT2D eigenvalue weighted by molar-refractivity contribution is -0.385. The monoisotopic (exact) mass is 346 g/mol. The first-order valence-electron chi connectivity index (χ1n) is 5.85. The number of benzene rings is 1. The molecule has 102 valence electrons. The molecule has 1 aromatic rings. The van der Waals surface area contributed by atoms with Gasteiger partial charge in [-0.05, 0) is 25.0 Å². The van der Waals surface area contributed by atoms with Crippen LogP contribution in [-0.2, 0) is 0 Å². The van der Waals surface area contributed by atoms with Gasteiger partial charge in [0.2, 0.25) is 0 Å². The van der Waals surface area contributed by atoms with Crippen LogP contribution in [0.5, 0.6) is 0 Å². The van der Waals surface area contributed by atoms with E-state index < -0.39 is 4.92 Å². The van der Waals surface area contributed by atoms with Crippen molar-refractivity contribution in [1.82, 2.24) is 4.90 Å². The van der Waals surface area contributed by atoms with Gasteiger partial charge >= 0.3 is 0 Å². The number of halogens is 2. The maximum atomic E-state index is 12.4. The van der Waals surface area contributed by atoms with E-state index in [2.05, 4.69) is 15.9 Å². The number of carbonyl (C=O) groups is 1. The van der Waals surface area contributed by atoms with Crippen molar-refractivity contribution < 1.29 is 9.72 Å². The quantitative estimate of drug-likeness (QED) is 0.466. The molecule has 7 heteroatoms. The first kappa shape index (κ1) is 14.3. The van der Waals surface area contributed by atoms with E-state index in [0.29, 0.717) is 16.9 Å². The third kappa shape index (κ3) is 3.25. The number of nitro benzene ring substituents is 1. The van der Waals surface area contributed by atoms with Crippen LogP contribution in [0.3, 0.4) is 0 Å². The standard InChI is InChI=1S/C12H12BrClN2O3/c13-5-6-15(9-2-3-9)12(17)10-7-8(14)1-4-11(10)16(18)19/h1,4,7,9H,2-3,5-6H2. The average Bonchev–Trinajstić information content (AvgIpc) is 3.19. The SMILES string of the molecule is O=C(c1cc(Cl)ccc1[N+](=O)[O-])N(CCBr)C1CC1. The van der Waals surface area contributed by atoms with Gasteiger partial charge in [-0.15, -0.1) is 0 Å². The number of hydrogen-bond donors (Lipinski definition) is 0. The summed E-state index contributed by atoms with van der Waals surface area (Å²) in [6.45, 7) is 0.535. The predicted octanol–water partition coefficient (Wildman–Crippen LogP) is 3.25. The zero-order valence-electron chi connectivity index (χ0n) is 10.0. The minimum atomic E-state index is -0.553. The fourth-order valence-electron chi connectivity index (χ4n) is 1.92. The van der Waals surface area contributed by atoms with Crippen LogP contribution in [0.1, 0.15) is 23.2 Å². The summed E-state index contributed by atoms with van der Waals surface area (Å²) in [5.74, 6) is -0.323. The van der Waals surface area contributed by atoms with Gasteiger partial charge in [0, 0.05) is 29.0 Å². The van der Waals surface area contributed by atoms with Crippen molar-refractivity contribution in [2.45, 2.75) is 18.9 Å². The maximum Gasteiger partial charge on any atom is 0.282 e. The summed E-state index contributed by atoms with van der Waals surface area (Å²) in [6, 6.07) is 4.26. The smallest absolute Gasteiger partial charge is 0.282 e. The molecule has 1 saturated carbocycles. The molecule has 0 spiro atoms. The number of carbonyl (C=O) groups excluding carboxylic acids is 1. The minimum Gasteiger partial charge on any atom is -0.335 e. The Balaban J connectivity index is 2.35. The summed E-state index contributed by atoms with van der Waals surface area (Å²) < 4.78 is 0. The largest absolute Gasteiger partial charge is 0.335 e. The first-order valence-corrected chi connectivity index (χ1v) is 7.35. The highest BCUT2D eigenvalue weighted by atomic mass is 79.9. The molecule has 0 bridgehead atoms. The second kappa shape index (κ2) is 5.88. The summed E-state index contributed by atoms with van der Waals surface area (Å²) in [4.78, 5) is 24.5. The van der Waals surface area contributed by atoms with Gasteiger partial charge in [0.1, 0.15) is 5.56 Å². The van der Waals surface area contributed by atoms with Crippen LogP contribution in [0, 0.1) is 10.1 Å². The average molecular weight is 348 g/mol. The van der Waals surface area contributed by atoms with Crippen molar-refractivity contribution >= 4 is 39.1 Å². The van der Waals surface area contributed by atoms with Crippen LogP contribution in [-0.4, -0.2) is 33.6 Å². The lowest BCUT2D eigenvalue weighted by Gasteiger charge is -2.21. The van der Waals surface area contributed by atoms with Gasteiger partial charge < -0.3 is 4.90 Å². The van der Waals surface area contributed by atoms with Gasteiger partial charge in [0.25, 0.3) is 11.6 Å². The summed E-state index contributed by atoms with van der Waals surface area (Å²) in [7, 11) is 0. The lowest BCUT2D eigenvalue weighted by Crippen LogP contribution is -2.35. The number of amides is 1. The fourth-order valence-corrected chi connectivity index (χ4v) is 2.47. The molecule has 0 saturated heterocycles. The predicted molar refractivity (Wildman–Crippen MR) is 76.0 cm³/mol. The van der Waals surface area contributed by atoms with Crippen LogP contribution >= 0.6 is 27.5 Å². The molecule has 0 radical (unpaired) electrons. The van der Waals surface area contributed by atoms with Crippen molar-refractivity contribution in [3.8, 4) is 0 Å². The van der Waals surface area contributed by atoms with Gasteiger partial charge in [0.05, 0.1) is 4.92 Å². The van der Waals surface area contributed by atoms with E-state index >= 15 is 0 Å². The number of nitro groups is 1. The van der Waals surface area contributed by atoms with Crippen LogP contribution in [0.2, 0.25) is 5.02 Å². The molecule has 0 aromatic heterocycles. The Morgan fingerprint density at radius 1 is 1.53 bits per heavy atom. The van der Waals surface area contributed by atoms with Crippen LogP contribution < -0.4 is 0 Å². The van der Waals surface area contributed by atoms with Crippen molar-refractivity contribution in [2.24, 2.45) is 0 Å². The lowest BCUT2D eigenvalue weighted by atomic mass is 10.1. The second-order valence-electron chi connectivity index (χ2n) is 4.34. The van der Waals surface area contributed by atoms with E-state index in [1.165, 1.54) is 18.2 Å². The molecule has 1 aromatic carbocycles. The number of alkyl halides is 1. The highest BCUT2D eigenvalue weighted by Crippen LogP contribution is 2.31. The first-order chi connectivity index (χ1) is 9.04. The molecule has 5 nitrogen and oxygen atoms in total. The Bertz CT molecular complexity index is 520. The third-order valence-corrected chi connectivity index (χ3v) is 3.55. The highest BCUT2D eigenvalue weighted by molar-refractivity contribution is 9.09. The van der Waals surface area contributed by atoms with Gasteiger partial charge in [-0.1, -0.05) is 27.5 Å². The molecule has 0 aliphatic heterocycles. The molecule has 1 amide bonds. The van der Waals surface area contributed by atoms with E-state index in [-0.39, 0.29) is 23.2 Å². The van der Waals surface area contributed by atoms with E-state index in [0.717, 1.165) is 12.8 Å². The highest BCUT2D eigenvalue weighted by Gasteiger charge is 2.35. The van der Waals surface area contributed by atoms with Crippen molar-refractivity contribution in [3.63, 3.8) is 0 Å². The summed E-state index contributed by atoms with van der Waals surface area (Å²) in [5.41, 5.74) is -0.139. The summed E-state index contributed by atoms with van der Waals surface area (Å²) >= 11 is 9.13. The van der Waals surface area contributed by atoms with Gasteiger partial charge in [0.15, 0.2) is 0 Å². The Morgan fingerprint density at radius 3 is 2.74 bits per heavy atom. The Kier molecular flexibility index (Phi) is 4.42. The normalized spacial score (nSPS) is 14.2. The van der Waals surface area contributed by atoms with Gasteiger partial charge in [-0.3, -0.25) is 14.9 Å². The maximum absolute atomic E-state index is 12.4. The molecule has 1 aliphatic rings. The Morgan fingerprint density at radius 2 is 2.21 bits per heavy atom. The molecular weight excluding hydrogens is 336 g/mol. The minimum absolute atomic E-state index is 0.0605. The van der Waals surface area contributed by atoms with Crippen LogP contribution in [0.25, 0.3) is 0 Å². The zero-order valence-corrected chi connectivity index (χ0v) is 12.4. The second-order valence-corrected chi connectivity index (χ2v) is 5.57. The molecule has 1 fully saturated rings. The Hall–Kier alpha value is -1.14. The molecule has 0 N–H and O–H groups in total. The molecule has 1 aliphatic carbocycles. The van der Waals surface area contributed by atoms with E-state index in [4.69, 9.17) is 11.6 Å². The fraction of sp³-hybridized carbons (Fsp3) is 0.417. The van der Waals surface area contributed by atoms with E-state index in [9.17, 15) is 14.9 Å². The summed E-state index contributed by atoms with van der Waals surface area (Å²) in [5, 5.41) is 12.0. The van der Waals surface area contributed by atoms with Crippen molar-refractivity contribution in [3.05, 3.63) is 38.9 Å². The van der Waals surface area contributed by atoms with E-state index in [1.54, 1.807) is 4.90 Å². The van der Waals surface area contributed by atoms with Gasteiger partial charge in [-0.2, -0.15) is 0 Å². The molecular formula is C12H12BrClN2O3. The molecule has 19 heavy (non-hydrogen) atoms. The number of nitrogens with zero attached hydrogens (tertiary/aromatic N) is 2. The molecule has 0 atom stereocenters. The molecule has 2 rings (SSSR count). The Labute approximate surface area is 123 Å². The number of rotatable bonds is 5. The zero-order chi connectivity index (χ0) is 14.0. The van der Waals surface area contributed by atoms with Crippen LogP contribution in [0.15, 0.2) is 18.2 Å². The van der Waals surface area contributed by atoms with Crippen LogP contribution in [0.4, 0.5) is 5.69 Å². The topological polar surface area (TPSA) is 63.4 Å². The van der Waals surface area contributed by atoms with E-state index in [1.807, 2.05) is 0 Å². The third-order valence-electron chi connectivity index (χ3n) is 2.96. The van der Waals surface area contributed by atoms with Crippen molar-refractivity contribution in [1.29, 1.82) is 0 Å². The van der Waals surface area contributed by atoms with Crippen molar-refractivity contribution in [2.75, 3.05) is 11.9 Å². The molecule has 0 heterocycles. The summed E-state index contributed by atoms with van der Waals surface area (Å²) in [6.07, 6.45) is 1.90. The molecule has 0 unspecified atom stereocenters. The number of hydrogen-bond acceptors (Lipinski definition) is 3.